The second-order valence-corrected chi connectivity index (χ2v) is 3.26. The molecule has 0 radical (unpaired) electrons. The molecule has 0 aromatic heterocycles. The molecule has 3 heteroatoms. The molecule has 0 aliphatic rings. The van der Waals surface area contributed by atoms with Gasteiger partial charge in [0.05, 0.1) is 0 Å². The SMILES string of the molecule is C=CC(=O)Oc1c(O)ccc2ccccc12. The smallest absolute Gasteiger partial charge is 0.335 e. The van der Waals surface area contributed by atoms with E-state index >= 15 is 0 Å². The van der Waals surface area contributed by atoms with Crippen molar-refractivity contribution in [3.63, 3.8) is 0 Å². The lowest BCUT2D eigenvalue weighted by Gasteiger charge is -2.07. The van der Waals surface area contributed by atoms with Crippen LogP contribution in [0.1, 0.15) is 0 Å². The number of aromatic hydroxyl groups is 1. The highest BCUT2D eigenvalue weighted by Crippen LogP contribution is 2.34. The van der Waals surface area contributed by atoms with Crippen LogP contribution in [0.25, 0.3) is 10.8 Å². The first kappa shape index (κ1) is 10.2. The molecule has 2 rings (SSSR count). The zero-order chi connectivity index (χ0) is 11.5. The Morgan fingerprint density at radius 3 is 2.75 bits per heavy atom. The maximum Gasteiger partial charge on any atom is 0.335 e. The molecule has 0 spiro atoms. The zero-order valence-electron chi connectivity index (χ0n) is 8.51. The molecule has 0 saturated carbocycles. The van der Waals surface area contributed by atoms with Crippen molar-refractivity contribution >= 4 is 16.7 Å². The predicted molar refractivity (Wildman–Crippen MR) is 61.4 cm³/mol. The minimum atomic E-state index is -0.591. The van der Waals surface area contributed by atoms with Crippen molar-refractivity contribution in [3.8, 4) is 11.5 Å². The maximum absolute atomic E-state index is 11.1. The molecule has 0 aliphatic heterocycles. The highest BCUT2D eigenvalue weighted by molar-refractivity contribution is 5.94. The lowest BCUT2D eigenvalue weighted by atomic mass is 10.1. The Hall–Kier alpha value is -2.29. The summed E-state index contributed by atoms with van der Waals surface area (Å²) < 4.78 is 5.00. The van der Waals surface area contributed by atoms with Crippen molar-refractivity contribution < 1.29 is 14.6 Å². The molecule has 2 aromatic rings. The van der Waals surface area contributed by atoms with E-state index < -0.39 is 5.97 Å². The monoisotopic (exact) mass is 214 g/mol. The number of carbonyl (C=O) groups excluding carboxylic acids is 1. The maximum atomic E-state index is 11.1. The molecule has 0 fully saturated rings. The van der Waals surface area contributed by atoms with E-state index in [4.69, 9.17) is 4.74 Å². The Bertz CT molecular complexity index is 558. The van der Waals surface area contributed by atoms with Gasteiger partial charge in [0.1, 0.15) is 0 Å². The minimum Gasteiger partial charge on any atom is -0.504 e. The summed E-state index contributed by atoms with van der Waals surface area (Å²) in [6.45, 7) is 3.31. The fourth-order valence-electron chi connectivity index (χ4n) is 1.48. The number of phenolic OH excluding ortho intramolecular Hbond substituents is 1. The molecule has 0 heterocycles. The van der Waals surface area contributed by atoms with Gasteiger partial charge in [-0.25, -0.2) is 4.79 Å². The largest absolute Gasteiger partial charge is 0.504 e. The molecular weight excluding hydrogens is 204 g/mol. The zero-order valence-corrected chi connectivity index (χ0v) is 8.51. The van der Waals surface area contributed by atoms with Crippen molar-refractivity contribution in [2.75, 3.05) is 0 Å². The number of hydrogen-bond acceptors (Lipinski definition) is 3. The summed E-state index contributed by atoms with van der Waals surface area (Å²) in [5.41, 5.74) is 0. The van der Waals surface area contributed by atoms with Gasteiger partial charge >= 0.3 is 5.97 Å². The normalized spacial score (nSPS) is 10.0. The van der Waals surface area contributed by atoms with Crippen LogP contribution < -0.4 is 4.74 Å². The van der Waals surface area contributed by atoms with Gasteiger partial charge in [-0.15, -0.1) is 0 Å². The van der Waals surface area contributed by atoms with E-state index in [1.54, 1.807) is 12.1 Å². The average molecular weight is 214 g/mol. The van der Waals surface area contributed by atoms with E-state index in [0.29, 0.717) is 5.39 Å². The predicted octanol–water partition coefficient (Wildman–Crippen LogP) is 2.64. The van der Waals surface area contributed by atoms with Crippen LogP contribution in [0.15, 0.2) is 49.1 Å². The van der Waals surface area contributed by atoms with Crippen molar-refractivity contribution in [1.82, 2.24) is 0 Å². The summed E-state index contributed by atoms with van der Waals surface area (Å²) in [5.74, 6) is -0.483. The molecule has 2 aromatic carbocycles. The van der Waals surface area contributed by atoms with Crippen LogP contribution in [0, 0.1) is 0 Å². The Kier molecular flexibility index (Phi) is 2.60. The summed E-state index contributed by atoms with van der Waals surface area (Å²) in [4.78, 5) is 11.1. The number of ether oxygens (including phenoxy) is 1. The van der Waals surface area contributed by atoms with Crippen LogP contribution >= 0.6 is 0 Å². The third kappa shape index (κ3) is 1.75. The van der Waals surface area contributed by atoms with E-state index in [1.807, 2.05) is 18.2 Å². The fourth-order valence-corrected chi connectivity index (χ4v) is 1.48. The van der Waals surface area contributed by atoms with E-state index in [1.165, 1.54) is 6.07 Å². The molecule has 0 saturated heterocycles. The van der Waals surface area contributed by atoms with Crippen LogP contribution in [-0.4, -0.2) is 11.1 Å². The Balaban J connectivity index is 2.61. The lowest BCUT2D eigenvalue weighted by molar-refractivity contribution is -0.128. The van der Waals surface area contributed by atoms with Gasteiger partial charge in [0, 0.05) is 11.5 Å². The summed E-state index contributed by atoms with van der Waals surface area (Å²) in [5, 5.41) is 11.2. The average Bonchev–Trinajstić information content (AvgIpc) is 2.32. The molecule has 1 N–H and O–H groups in total. The molecular formula is C13H10O3. The van der Waals surface area contributed by atoms with Gasteiger partial charge < -0.3 is 9.84 Å². The molecule has 3 nitrogen and oxygen atoms in total. The third-order valence-corrected chi connectivity index (χ3v) is 2.23. The number of fused-ring (bicyclic) bond motifs is 1. The topological polar surface area (TPSA) is 46.5 Å². The quantitative estimate of drug-likeness (QED) is 0.475. The Labute approximate surface area is 92.6 Å². The van der Waals surface area contributed by atoms with Crippen LogP contribution in [0.4, 0.5) is 0 Å². The highest BCUT2D eigenvalue weighted by Gasteiger charge is 2.10. The number of carbonyl (C=O) groups is 1. The Morgan fingerprint density at radius 1 is 1.25 bits per heavy atom. The minimum absolute atomic E-state index is 0.0612. The molecule has 0 unspecified atom stereocenters. The number of esters is 1. The van der Waals surface area contributed by atoms with E-state index in [0.717, 1.165) is 11.5 Å². The molecule has 80 valence electrons. The first-order valence-corrected chi connectivity index (χ1v) is 4.77. The number of phenols is 1. The van der Waals surface area contributed by atoms with Gasteiger partial charge in [-0.05, 0) is 11.5 Å². The van der Waals surface area contributed by atoms with Crippen LogP contribution in [0.3, 0.4) is 0 Å². The van der Waals surface area contributed by atoms with Gasteiger partial charge in [0.25, 0.3) is 0 Å². The van der Waals surface area contributed by atoms with Gasteiger partial charge in [0.15, 0.2) is 11.5 Å². The second kappa shape index (κ2) is 4.06. The van der Waals surface area contributed by atoms with E-state index in [2.05, 4.69) is 6.58 Å². The molecule has 0 atom stereocenters. The van der Waals surface area contributed by atoms with Crippen LogP contribution in [0.5, 0.6) is 11.5 Å². The fraction of sp³-hybridized carbons (Fsp3) is 0. The standard InChI is InChI=1S/C13H10O3/c1-2-12(15)16-13-10-6-4-3-5-9(10)7-8-11(13)14/h2-8,14H,1H2. The highest BCUT2D eigenvalue weighted by atomic mass is 16.5. The van der Waals surface area contributed by atoms with Gasteiger partial charge in [-0.2, -0.15) is 0 Å². The van der Waals surface area contributed by atoms with Gasteiger partial charge in [-0.3, -0.25) is 0 Å². The summed E-state index contributed by atoms with van der Waals surface area (Å²) in [6, 6.07) is 10.6. The van der Waals surface area contributed by atoms with Crippen LogP contribution in [-0.2, 0) is 4.79 Å². The first-order chi connectivity index (χ1) is 7.72. The van der Waals surface area contributed by atoms with Gasteiger partial charge in [-0.1, -0.05) is 36.9 Å². The Morgan fingerprint density at radius 2 is 2.00 bits per heavy atom. The molecule has 16 heavy (non-hydrogen) atoms. The number of rotatable bonds is 2. The summed E-state index contributed by atoms with van der Waals surface area (Å²) >= 11 is 0. The molecule has 0 bridgehead atoms. The van der Waals surface area contributed by atoms with Crippen molar-refractivity contribution in [1.29, 1.82) is 0 Å². The van der Waals surface area contributed by atoms with Crippen molar-refractivity contribution in [2.24, 2.45) is 0 Å². The van der Waals surface area contributed by atoms with Crippen molar-refractivity contribution in [2.45, 2.75) is 0 Å². The number of benzene rings is 2. The summed E-state index contributed by atoms with van der Waals surface area (Å²) in [7, 11) is 0. The lowest BCUT2D eigenvalue weighted by Crippen LogP contribution is -2.03. The van der Waals surface area contributed by atoms with E-state index in [9.17, 15) is 9.90 Å². The van der Waals surface area contributed by atoms with Crippen molar-refractivity contribution in [3.05, 3.63) is 49.1 Å². The molecule has 0 aliphatic carbocycles. The summed E-state index contributed by atoms with van der Waals surface area (Å²) in [6.07, 6.45) is 1.06. The van der Waals surface area contributed by atoms with Gasteiger partial charge in [0.2, 0.25) is 0 Å². The first-order valence-electron chi connectivity index (χ1n) is 4.77. The van der Waals surface area contributed by atoms with E-state index in [-0.39, 0.29) is 11.5 Å². The third-order valence-electron chi connectivity index (χ3n) is 2.23. The second-order valence-electron chi connectivity index (χ2n) is 3.26. The van der Waals surface area contributed by atoms with Crippen LogP contribution in [0.2, 0.25) is 0 Å². The number of hydrogen-bond donors (Lipinski definition) is 1. The molecule has 0 amide bonds.